The lowest BCUT2D eigenvalue weighted by molar-refractivity contribution is 0.244. The summed E-state index contributed by atoms with van der Waals surface area (Å²) in [6.45, 7) is 0. The van der Waals surface area contributed by atoms with E-state index in [9.17, 15) is 13.6 Å². The van der Waals surface area contributed by atoms with Crippen LogP contribution in [0.3, 0.4) is 0 Å². The Labute approximate surface area is 144 Å². The Hall–Kier alpha value is -2.77. The molecule has 0 aliphatic heterocycles. The Bertz CT molecular complexity index is 712. The normalized spacial score (nSPS) is 14.8. The first-order chi connectivity index (χ1) is 12.1. The summed E-state index contributed by atoms with van der Waals surface area (Å²) in [7, 11) is 0. The molecule has 0 atom stereocenters. The van der Waals surface area contributed by atoms with Crippen LogP contribution in [0.25, 0.3) is 0 Å². The third-order valence-electron chi connectivity index (χ3n) is 4.06. The average molecular weight is 347 g/mol. The Balaban J connectivity index is 1.57. The highest BCUT2D eigenvalue weighted by atomic mass is 19.1. The van der Waals surface area contributed by atoms with Gasteiger partial charge >= 0.3 is 6.03 Å². The maximum Gasteiger partial charge on any atom is 0.320 e. The molecule has 25 heavy (non-hydrogen) atoms. The molecule has 0 bridgehead atoms. The van der Waals surface area contributed by atoms with Gasteiger partial charge in [0.15, 0.2) is 11.6 Å². The van der Waals surface area contributed by atoms with Gasteiger partial charge in [0.05, 0.1) is 0 Å². The van der Waals surface area contributed by atoms with Crippen LogP contribution in [0.5, 0.6) is 0 Å². The minimum atomic E-state index is -0.726. The largest absolute Gasteiger partial charge is 0.335 e. The van der Waals surface area contributed by atoms with E-state index in [1.165, 1.54) is 24.6 Å². The van der Waals surface area contributed by atoms with Crippen LogP contribution >= 0.6 is 0 Å². The second-order valence-electron chi connectivity index (χ2n) is 5.96. The van der Waals surface area contributed by atoms with E-state index in [-0.39, 0.29) is 29.4 Å². The minimum Gasteiger partial charge on any atom is -0.335 e. The van der Waals surface area contributed by atoms with Crippen LogP contribution in [-0.4, -0.2) is 22.3 Å². The quantitative estimate of drug-likeness (QED) is 0.782. The first kappa shape index (κ1) is 17.1. The highest BCUT2D eigenvalue weighted by Crippen LogP contribution is 2.22. The fraction of sp³-hybridized carbons (Fsp3) is 0.353. The van der Waals surface area contributed by atoms with Crippen molar-refractivity contribution in [1.82, 2.24) is 15.5 Å². The molecule has 0 unspecified atom stereocenters. The van der Waals surface area contributed by atoms with Gasteiger partial charge in [-0.05, 0) is 37.1 Å². The van der Waals surface area contributed by atoms with Crippen LogP contribution in [0.15, 0.2) is 30.3 Å². The Morgan fingerprint density at radius 1 is 0.960 bits per heavy atom. The van der Waals surface area contributed by atoms with E-state index in [0.29, 0.717) is 0 Å². The number of hydrogen-bond acceptors (Lipinski definition) is 4. The molecule has 1 aliphatic carbocycles. The molecule has 132 valence electrons. The van der Waals surface area contributed by atoms with Gasteiger partial charge in [0.1, 0.15) is 17.3 Å². The predicted octanol–water partition coefficient (Wildman–Crippen LogP) is 3.95. The number of carbonyl (C=O) groups is 1. The monoisotopic (exact) mass is 347 g/mol. The molecular weight excluding hydrogens is 328 g/mol. The molecule has 3 N–H and O–H groups in total. The third kappa shape index (κ3) is 4.62. The van der Waals surface area contributed by atoms with Crippen LogP contribution in [0.1, 0.15) is 32.1 Å². The van der Waals surface area contributed by atoms with Gasteiger partial charge in [0, 0.05) is 6.04 Å². The lowest BCUT2D eigenvalue weighted by Crippen LogP contribution is -2.39. The molecule has 0 spiro atoms. The second kappa shape index (κ2) is 7.87. The summed E-state index contributed by atoms with van der Waals surface area (Å²) in [5, 5.41) is 15.7. The molecule has 1 heterocycles. The summed E-state index contributed by atoms with van der Waals surface area (Å²) in [5.41, 5.74) is -0.299. The number of aromatic nitrogens is 2. The second-order valence-corrected chi connectivity index (χ2v) is 5.96. The number of hydrogen-bond donors (Lipinski definition) is 3. The first-order valence-electron chi connectivity index (χ1n) is 8.24. The summed E-state index contributed by atoms with van der Waals surface area (Å²) >= 11 is 0. The summed E-state index contributed by atoms with van der Waals surface area (Å²) in [6, 6.07) is 6.41. The van der Waals surface area contributed by atoms with Crippen molar-refractivity contribution in [2.45, 2.75) is 38.1 Å². The number of carbonyl (C=O) groups excluding carboxylic acids is 1. The Kier molecular flexibility index (Phi) is 5.37. The topological polar surface area (TPSA) is 78.9 Å². The highest BCUT2D eigenvalue weighted by Gasteiger charge is 2.16. The molecule has 1 aromatic heterocycles. The number of benzene rings is 1. The predicted molar refractivity (Wildman–Crippen MR) is 90.7 cm³/mol. The molecule has 0 radical (unpaired) electrons. The van der Waals surface area contributed by atoms with Crippen molar-refractivity contribution in [3.63, 3.8) is 0 Å². The molecule has 3 rings (SSSR count). The zero-order valence-corrected chi connectivity index (χ0v) is 13.6. The van der Waals surface area contributed by atoms with Gasteiger partial charge < -0.3 is 10.6 Å². The molecule has 1 saturated carbocycles. The summed E-state index contributed by atoms with van der Waals surface area (Å²) in [6.07, 6.45) is 5.42. The van der Waals surface area contributed by atoms with Crippen LogP contribution in [0.4, 0.5) is 30.9 Å². The van der Waals surface area contributed by atoms with Gasteiger partial charge in [-0.2, -0.15) is 0 Å². The van der Waals surface area contributed by atoms with E-state index in [1.54, 1.807) is 0 Å². The fourth-order valence-electron chi connectivity index (χ4n) is 2.80. The van der Waals surface area contributed by atoms with Crippen LogP contribution < -0.4 is 16.0 Å². The maximum absolute atomic E-state index is 13.6. The standard InChI is InChI=1S/C17H19F2N5O/c18-12-7-4-8-13(19)16(12)21-14-9-10-15(24-23-14)22-17(25)20-11-5-2-1-3-6-11/h4,7-11H,1-3,5-6H2,(H,21,23)(H2,20,22,24,25). The van der Waals surface area contributed by atoms with E-state index in [1.807, 2.05) is 0 Å². The SMILES string of the molecule is O=C(Nc1ccc(Nc2c(F)cccc2F)nn1)NC1CCCCC1. The smallest absolute Gasteiger partial charge is 0.320 e. The third-order valence-corrected chi connectivity index (χ3v) is 4.06. The fourth-order valence-corrected chi connectivity index (χ4v) is 2.80. The van der Waals surface area contributed by atoms with Gasteiger partial charge in [-0.25, -0.2) is 13.6 Å². The van der Waals surface area contributed by atoms with Crippen molar-refractivity contribution >= 4 is 23.4 Å². The molecule has 1 aliphatic rings. The van der Waals surface area contributed by atoms with E-state index < -0.39 is 11.6 Å². The lowest BCUT2D eigenvalue weighted by Gasteiger charge is -2.22. The first-order valence-corrected chi connectivity index (χ1v) is 8.24. The Morgan fingerprint density at radius 3 is 2.24 bits per heavy atom. The van der Waals surface area contributed by atoms with Crippen molar-refractivity contribution in [3.8, 4) is 0 Å². The van der Waals surface area contributed by atoms with E-state index in [4.69, 9.17) is 0 Å². The van der Waals surface area contributed by atoms with Crippen molar-refractivity contribution in [2.75, 3.05) is 10.6 Å². The molecule has 1 aromatic carbocycles. The molecule has 6 nitrogen and oxygen atoms in total. The average Bonchev–Trinajstić information content (AvgIpc) is 2.60. The number of nitrogens with zero attached hydrogens (tertiary/aromatic N) is 2. The lowest BCUT2D eigenvalue weighted by atomic mass is 9.96. The van der Waals surface area contributed by atoms with Gasteiger partial charge in [0.25, 0.3) is 0 Å². The van der Waals surface area contributed by atoms with E-state index in [2.05, 4.69) is 26.1 Å². The zero-order valence-electron chi connectivity index (χ0n) is 13.6. The molecule has 0 saturated heterocycles. The van der Waals surface area contributed by atoms with Gasteiger partial charge in [-0.15, -0.1) is 10.2 Å². The van der Waals surface area contributed by atoms with Crippen LogP contribution in [-0.2, 0) is 0 Å². The van der Waals surface area contributed by atoms with E-state index >= 15 is 0 Å². The van der Waals surface area contributed by atoms with Crippen molar-refractivity contribution in [2.24, 2.45) is 0 Å². The molecule has 2 aromatic rings. The number of halogens is 2. The van der Waals surface area contributed by atoms with Gasteiger partial charge in [0.2, 0.25) is 0 Å². The van der Waals surface area contributed by atoms with E-state index in [0.717, 1.165) is 37.8 Å². The van der Waals surface area contributed by atoms with Gasteiger partial charge in [-0.1, -0.05) is 25.3 Å². The van der Waals surface area contributed by atoms with Crippen molar-refractivity contribution < 1.29 is 13.6 Å². The van der Waals surface area contributed by atoms with Crippen LogP contribution in [0, 0.1) is 11.6 Å². The summed E-state index contributed by atoms with van der Waals surface area (Å²) in [5.74, 6) is -1.03. The number of nitrogens with one attached hydrogen (secondary N) is 3. The number of amides is 2. The number of anilines is 3. The number of para-hydroxylation sites is 1. The molecule has 1 fully saturated rings. The maximum atomic E-state index is 13.6. The molecular formula is C17H19F2N5O. The minimum absolute atomic E-state index is 0.169. The highest BCUT2D eigenvalue weighted by molar-refractivity contribution is 5.88. The number of urea groups is 1. The summed E-state index contributed by atoms with van der Waals surface area (Å²) < 4.78 is 27.2. The summed E-state index contributed by atoms with van der Waals surface area (Å²) in [4.78, 5) is 11.9. The van der Waals surface area contributed by atoms with Crippen molar-refractivity contribution in [1.29, 1.82) is 0 Å². The van der Waals surface area contributed by atoms with Gasteiger partial charge in [-0.3, -0.25) is 5.32 Å². The molecule has 2 amide bonds. The number of rotatable bonds is 4. The molecule has 8 heteroatoms. The van der Waals surface area contributed by atoms with Crippen molar-refractivity contribution in [3.05, 3.63) is 42.0 Å². The Morgan fingerprint density at radius 2 is 1.60 bits per heavy atom. The zero-order chi connectivity index (χ0) is 17.6. The van der Waals surface area contributed by atoms with Crippen LogP contribution in [0.2, 0.25) is 0 Å².